The molecule has 5 heteroatoms. The van der Waals surface area contributed by atoms with Crippen molar-refractivity contribution in [3.8, 4) is 11.6 Å². The number of hydrogen-bond donors (Lipinski definition) is 2. The van der Waals surface area contributed by atoms with Gasteiger partial charge in [0.25, 0.3) is 0 Å². The molecule has 1 aromatic heterocycles. The standard InChI is InChI=1S/C15H16FN3O/c1-8-4-5-11(7-12(8)16)20-15-13(14(17)18)9(2)6-10(3)19-15/h4-7H,1-3H3,(H3,17,18). The first-order valence-corrected chi connectivity index (χ1v) is 6.15. The van der Waals surface area contributed by atoms with Gasteiger partial charge >= 0.3 is 0 Å². The molecule has 0 radical (unpaired) electrons. The Labute approximate surface area is 116 Å². The molecule has 0 saturated heterocycles. The van der Waals surface area contributed by atoms with Gasteiger partial charge in [-0.2, -0.15) is 0 Å². The lowest BCUT2D eigenvalue weighted by Gasteiger charge is -2.13. The molecule has 4 nitrogen and oxygen atoms in total. The van der Waals surface area contributed by atoms with E-state index in [2.05, 4.69) is 4.98 Å². The highest BCUT2D eigenvalue weighted by molar-refractivity contribution is 5.98. The molecule has 20 heavy (non-hydrogen) atoms. The van der Waals surface area contributed by atoms with Gasteiger partial charge in [0.2, 0.25) is 5.88 Å². The van der Waals surface area contributed by atoms with Crippen molar-refractivity contribution in [2.75, 3.05) is 0 Å². The summed E-state index contributed by atoms with van der Waals surface area (Å²) in [5.74, 6) is 0.0696. The van der Waals surface area contributed by atoms with Gasteiger partial charge in [0.15, 0.2) is 0 Å². The van der Waals surface area contributed by atoms with Crippen molar-refractivity contribution in [1.29, 1.82) is 5.41 Å². The highest BCUT2D eigenvalue weighted by Crippen LogP contribution is 2.27. The van der Waals surface area contributed by atoms with E-state index in [0.29, 0.717) is 16.9 Å². The normalized spacial score (nSPS) is 10.4. The second kappa shape index (κ2) is 5.28. The Bertz CT molecular complexity index is 683. The maximum atomic E-state index is 13.5. The number of benzene rings is 1. The molecule has 104 valence electrons. The molecular weight excluding hydrogens is 257 g/mol. The van der Waals surface area contributed by atoms with Crippen LogP contribution in [0, 0.1) is 32.0 Å². The van der Waals surface area contributed by atoms with Gasteiger partial charge in [0, 0.05) is 11.8 Å². The van der Waals surface area contributed by atoms with Crippen molar-refractivity contribution in [1.82, 2.24) is 4.98 Å². The molecule has 0 aliphatic heterocycles. The van der Waals surface area contributed by atoms with Crippen LogP contribution in [0.3, 0.4) is 0 Å². The van der Waals surface area contributed by atoms with Crippen LogP contribution in [0.4, 0.5) is 4.39 Å². The van der Waals surface area contributed by atoms with Crippen LogP contribution in [0.25, 0.3) is 0 Å². The number of rotatable bonds is 3. The van der Waals surface area contributed by atoms with Gasteiger partial charge in [-0.1, -0.05) is 6.07 Å². The average molecular weight is 273 g/mol. The van der Waals surface area contributed by atoms with Gasteiger partial charge in [-0.25, -0.2) is 9.37 Å². The topological polar surface area (TPSA) is 72.0 Å². The molecule has 0 aliphatic rings. The number of pyridine rings is 1. The number of nitrogens with two attached hydrogens (primary N) is 1. The Hall–Kier alpha value is -2.43. The summed E-state index contributed by atoms with van der Waals surface area (Å²) in [7, 11) is 0. The molecular formula is C15H16FN3O. The minimum Gasteiger partial charge on any atom is -0.438 e. The lowest BCUT2D eigenvalue weighted by Crippen LogP contribution is -2.15. The lowest BCUT2D eigenvalue weighted by atomic mass is 10.1. The Morgan fingerprint density at radius 1 is 1.20 bits per heavy atom. The van der Waals surface area contributed by atoms with E-state index in [1.807, 2.05) is 19.9 Å². The van der Waals surface area contributed by atoms with Gasteiger partial charge in [-0.05, 0) is 44.0 Å². The van der Waals surface area contributed by atoms with E-state index in [1.54, 1.807) is 19.1 Å². The fourth-order valence-electron chi connectivity index (χ4n) is 1.95. The lowest BCUT2D eigenvalue weighted by molar-refractivity contribution is 0.454. The predicted octanol–water partition coefficient (Wildman–Crippen LogP) is 3.22. The summed E-state index contributed by atoms with van der Waals surface area (Å²) >= 11 is 0. The molecule has 0 fully saturated rings. The van der Waals surface area contributed by atoms with Gasteiger partial charge < -0.3 is 10.5 Å². The van der Waals surface area contributed by atoms with E-state index in [1.165, 1.54) is 6.07 Å². The summed E-state index contributed by atoms with van der Waals surface area (Å²) < 4.78 is 19.1. The van der Waals surface area contributed by atoms with E-state index in [0.717, 1.165) is 11.3 Å². The Morgan fingerprint density at radius 2 is 1.90 bits per heavy atom. The van der Waals surface area contributed by atoms with Crippen molar-refractivity contribution in [3.63, 3.8) is 0 Å². The maximum absolute atomic E-state index is 13.5. The third-order valence-electron chi connectivity index (χ3n) is 2.94. The molecule has 3 N–H and O–H groups in total. The number of ether oxygens (including phenoxy) is 1. The zero-order chi connectivity index (χ0) is 14.9. The van der Waals surface area contributed by atoms with Crippen LogP contribution in [0.5, 0.6) is 11.6 Å². The molecule has 1 aromatic carbocycles. The highest BCUT2D eigenvalue weighted by atomic mass is 19.1. The number of aryl methyl sites for hydroxylation is 3. The molecule has 0 unspecified atom stereocenters. The summed E-state index contributed by atoms with van der Waals surface area (Å²) in [6.45, 7) is 5.32. The van der Waals surface area contributed by atoms with Gasteiger partial charge in [0.1, 0.15) is 17.4 Å². The number of nitrogen functional groups attached to an aromatic ring is 1. The van der Waals surface area contributed by atoms with E-state index in [9.17, 15) is 4.39 Å². The Morgan fingerprint density at radius 3 is 2.50 bits per heavy atom. The molecule has 0 bridgehead atoms. The molecule has 0 atom stereocenters. The number of nitrogens with zero attached hydrogens (tertiary/aromatic N) is 1. The first-order chi connectivity index (χ1) is 9.38. The fourth-order valence-corrected chi connectivity index (χ4v) is 1.95. The maximum Gasteiger partial charge on any atom is 0.230 e. The van der Waals surface area contributed by atoms with Crippen molar-refractivity contribution >= 4 is 5.84 Å². The third-order valence-corrected chi connectivity index (χ3v) is 2.94. The Kier molecular flexibility index (Phi) is 3.70. The highest BCUT2D eigenvalue weighted by Gasteiger charge is 2.14. The zero-order valence-corrected chi connectivity index (χ0v) is 11.6. The smallest absolute Gasteiger partial charge is 0.230 e. The number of aromatic nitrogens is 1. The van der Waals surface area contributed by atoms with Crippen LogP contribution in [0.15, 0.2) is 24.3 Å². The van der Waals surface area contributed by atoms with Crippen LogP contribution < -0.4 is 10.5 Å². The van der Waals surface area contributed by atoms with E-state index in [4.69, 9.17) is 15.9 Å². The van der Waals surface area contributed by atoms with E-state index >= 15 is 0 Å². The quantitative estimate of drug-likeness (QED) is 0.666. The van der Waals surface area contributed by atoms with Crippen LogP contribution in [0.1, 0.15) is 22.4 Å². The van der Waals surface area contributed by atoms with E-state index in [-0.39, 0.29) is 17.5 Å². The molecule has 2 aromatic rings. The molecule has 1 heterocycles. The van der Waals surface area contributed by atoms with Gasteiger partial charge in [0.05, 0.1) is 5.56 Å². The van der Waals surface area contributed by atoms with E-state index < -0.39 is 0 Å². The van der Waals surface area contributed by atoms with Crippen LogP contribution in [-0.4, -0.2) is 10.8 Å². The molecule has 0 spiro atoms. The average Bonchev–Trinajstić information content (AvgIpc) is 2.32. The number of hydrogen-bond acceptors (Lipinski definition) is 3. The third kappa shape index (κ3) is 2.77. The molecule has 0 aliphatic carbocycles. The minimum absolute atomic E-state index is 0.127. The van der Waals surface area contributed by atoms with Crippen molar-refractivity contribution in [2.24, 2.45) is 5.73 Å². The predicted molar refractivity (Wildman–Crippen MR) is 75.9 cm³/mol. The number of nitrogens with one attached hydrogen (secondary N) is 1. The summed E-state index contributed by atoms with van der Waals surface area (Å²) in [5, 5.41) is 7.61. The zero-order valence-electron chi connectivity index (χ0n) is 11.6. The molecule has 2 rings (SSSR count). The van der Waals surface area contributed by atoms with Crippen LogP contribution in [0.2, 0.25) is 0 Å². The molecule has 0 saturated carbocycles. The van der Waals surface area contributed by atoms with Gasteiger partial charge in [-0.3, -0.25) is 5.41 Å². The second-order valence-electron chi connectivity index (χ2n) is 4.69. The summed E-state index contributed by atoms with van der Waals surface area (Å²) in [6, 6.07) is 6.39. The monoisotopic (exact) mass is 273 g/mol. The minimum atomic E-state index is -0.351. The second-order valence-corrected chi connectivity index (χ2v) is 4.69. The number of amidine groups is 1. The van der Waals surface area contributed by atoms with Gasteiger partial charge in [-0.15, -0.1) is 0 Å². The van der Waals surface area contributed by atoms with Crippen molar-refractivity contribution in [3.05, 3.63) is 52.5 Å². The number of halogens is 1. The fraction of sp³-hybridized carbons (Fsp3) is 0.200. The summed E-state index contributed by atoms with van der Waals surface area (Å²) in [6.07, 6.45) is 0. The van der Waals surface area contributed by atoms with Crippen molar-refractivity contribution < 1.29 is 9.13 Å². The first kappa shape index (κ1) is 14.0. The SMILES string of the molecule is Cc1cc(C)c(C(=N)N)c(Oc2ccc(C)c(F)c2)n1. The summed E-state index contributed by atoms with van der Waals surface area (Å²) in [5.41, 5.74) is 8.07. The first-order valence-electron chi connectivity index (χ1n) is 6.15. The van der Waals surface area contributed by atoms with Crippen molar-refractivity contribution in [2.45, 2.75) is 20.8 Å². The van der Waals surface area contributed by atoms with Crippen LogP contribution in [-0.2, 0) is 0 Å². The largest absolute Gasteiger partial charge is 0.438 e. The summed E-state index contributed by atoms with van der Waals surface area (Å²) in [4.78, 5) is 4.24. The van der Waals surface area contributed by atoms with Crippen LogP contribution >= 0.6 is 0 Å². The Balaban J connectivity index is 2.47. The molecule has 0 amide bonds.